The molecule has 0 fully saturated rings. The average Bonchev–Trinajstić information content (AvgIpc) is 3.40. The number of benzene rings is 3. The molecule has 5 rings (SSSR count). The smallest absolute Gasteiger partial charge is 0.410 e. The summed E-state index contributed by atoms with van der Waals surface area (Å²) in [4.78, 5) is 28.7. The van der Waals surface area contributed by atoms with Crippen LogP contribution < -0.4 is 5.32 Å². The van der Waals surface area contributed by atoms with E-state index in [1.165, 1.54) is 4.90 Å². The van der Waals surface area contributed by atoms with Gasteiger partial charge in [0.25, 0.3) is 0 Å². The first-order chi connectivity index (χ1) is 16.6. The second-order valence-electron chi connectivity index (χ2n) is 8.32. The van der Waals surface area contributed by atoms with Crippen molar-refractivity contribution in [1.82, 2.24) is 9.88 Å². The van der Waals surface area contributed by atoms with Crippen LogP contribution in [-0.4, -0.2) is 53.3 Å². The van der Waals surface area contributed by atoms with E-state index in [1.807, 2.05) is 66.7 Å². The van der Waals surface area contributed by atoms with Crippen LogP contribution in [0.15, 0.2) is 78.9 Å². The number of para-hydroxylation sites is 1. The summed E-state index contributed by atoms with van der Waals surface area (Å²) >= 11 is 0. The van der Waals surface area contributed by atoms with Gasteiger partial charge in [-0.05, 0) is 34.4 Å². The lowest BCUT2D eigenvalue weighted by molar-refractivity contribution is -0.138. The number of H-pyrrole nitrogens is 1. The maximum Gasteiger partial charge on any atom is 0.410 e. The Bertz CT molecular complexity index is 1270. The number of carboxylic acid groups (broad SMARTS) is 1. The van der Waals surface area contributed by atoms with Gasteiger partial charge in [-0.15, -0.1) is 0 Å². The third kappa shape index (κ3) is 4.32. The van der Waals surface area contributed by atoms with Gasteiger partial charge in [0.05, 0.1) is 0 Å². The molecule has 34 heavy (non-hydrogen) atoms. The zero-order valence-electron chi connectivity index (χ0n) is 18.5. The Balaban J connectivity index is 1.23. The van der Waals surface area contributed by atoms with Crippen molar-refractivity contribution in [2.45, 2.75) is 5.92 Å². The third-order valence-corrected chi connectivity index (χ3v) is 6.15. The van der Waals surface area contributed by atoms with E-state index in [-0.39, 0.29) is 19.1 Å². The van der Waals surface area contributed by atoms with E-state index in [9.17, 15) is 14.7 Å². The third-order valence-electron chi connectivity index (χ3n) is 6.15. The van der Waals surface area contributed by atoms with E-state index in [0.717, 1.165) is 39.0 Å². The number of rotatable bonds is 8. The van der Waals surface area contributed by atoms with Gasteiger partial charge in [0.1, 0.15) is 19.0 Å². The van der Waals surface area contributed by atoms with Crippen LogP contribution in [-0.2, 0) is 9.53 Å². The molecular formula is C27H25N3O4. The number of hydrogen-bond acceptors (Lipinski definition) is 4. The van der Waals surface area contributed by atoms with Gasteiger partial charge in [0.2, 0.25) is 0 Å². The highest BCUT2D eigenvalue weighted by atomic mass is 16.6. The van der Waals surface area contributed by atoms with E-state index in [4.69, 9.17) is 4.74 Å². The number of carbonyl (C=O) groups is 2. The second kappa shape index (κ2) is 9.31. The summed E-state index contributed by atoms with van der Waals surface area (Å²) in [6.07, 6.45) is -0.636. The number of aromatic nitrogens is 1. The molecule has 0 bridgehead atoms. The number of nitrogens with one attached hydrogen (secondary N) is 2. The summed E-state index contributed by atoms with van der Waals surface area (Å²) in [5, 5.41) is 13.6. The Hall–Kier alpha value is -4.26. The number of hydrogen-bond donors (Lipinski definition) is 3. The quantitative estimate of drug-likeness (QED) is 0.351. The molecule has 1 aromatic heterocycles. The molecule has 0 spiro atoms. The SMILES string of the molecule is O=C(O)CN(CCNc1cc2ccccc2[nH]1)C(=O)OCC1c2ccccc2-c2ccccc21. The molecule has 3 N–H and O–H groups in total. The largest absolute Gasteiger partial charge is 0.480 e. The van der Waals surface area contributed by atoms with Crippen molar-refractivity contribution in [3.8, 4) is 11.1 Å². The molecular weight excluding hydrogens is 430 g/mol. The molecule has 0 atom stereocenters. The first-order valence-electron chi connectivity index (χ1n) is 11.2. The van der Waals surface area contributed by atoms with Gasteiger partial charge < -0.3 is 20.1 Å². The molecule has 3 aromatic carbocycles. The standard InChI is InChI=1S/C27H25N3O4/c31-26(32)16-30(14-13-28-25-15-18-7-1-6-12-24(18)29-25)27(33)34-17-23-21-10-4-2-8-19(21)20-9-3-5-11-22(20)23/h1-12,15,23,28-29H,13-14,16-17H2,(H,31,32). The topological polar surface area (TPSA) is 94.7 Å². The molecule has 7 nitrogen and oxygen atoms in total. The van der Waals surface area contributed by atoms with Crippen molar-refractivity contribution in [2.24, 2.45) is 0 Å². The fourth-order valence-corrected chi connectivity index (χ4v) is 4.58. The Morgan fingerprint density at radius 1 is 0.941 bits per heavy atom. The van der Waals surface area contributed by atoms with Crippen LogP contribution in [0.2, 0.25) is 0 Å². The number of carboxylic acids is 1. The van der Waals surface area contributed by atoms with Gasteiger partial charge in [-0.2, -0.15) is 0 Å². The number of amides is 1. The van der Waals surface area contributed by atoms with Gasteiger partial charge in [0.15, 0.2) is 0 Å². The van der Waals surface area contributed by atoms with E-state index >= 15 is 0 Å². The highest BCUT2D eigenvalue weighted by molar-refractivity contribution is 5.84. The van der Waals surface area contributed by atoms with Gasteiger partial charge in [-0.1, -0.05) is 66.7 Å². The van der Waals surface area contributed by atoms with Crippen LogP contribution in [0.5, 0.6) is 0 Å². The van der Waals surface area contributed by atoms with Crippen molar-refractivity contribution in [2.75, 3.05) is 31.6 Å². The lowest BCUT2D eigenvalue weighted by atomic mass is 9.98. The average molecular weight is 456 g/mol. The van der Waals surface area contributed by atoms with Crippen molar-refractivity contribution in [3.63, 3.8) is 0 Å². The van der Waals surface area contributed by atoms with Gasteiger partial charge in [-0.25, -0.2) is 4.79 Å². The minimum Gasteiger partial charge on any atom is -0.480 e. The minimum absolute atomic E-state index is 0.0764. The van der Waals surface area contributed by atoms with Crippen LogP contribution in [0.4, 0.5) is 10.6 Å². The number of ether oxygens (including phenoxy) is 1. The molecule has 0 saturated carbocycles. The van der Waals surface area contributed by atoms with E-state index < -0.39 is 18.6 Å². The summed E-state index contributed by atoms with van der Waals surface area (Å²) in [6.45, 7) is 0.298. The Morgan fingerprint density at radius 2 is 1.59 bits per heavy atom. The lowest BCUT2D eigenvalue weighted by Crippen LogP contribution is -2.39. The molecule has 4 aromatic rings. The zero-order valence-corrected chi connectivity index (χ0v) is 18.5. The summed E-state index contributed by atoms with van der Waals surface area (Å²) < 4.78 is 5.64. The van der Waals surface area contributed by atoms with Crippen LogP contribution in [0.3, 0.4) is 0 Å². The van der Waals surface area contributed by atoms with Gasteiger partial charge >= 0.3 is 12.1 Å². The number of aliphatic carboxylic acids is 1. The van der Waals surface area contributed by atoms with Crippen LogP contribution >= 0.6 is 0 Å². The highest BCUT2D eigenvalue weighted by Gasteiger charge is 2.30. The zero-order chi connectivity index (χ0) is 23.5. The van der Waals surface area contributed by atoms with E-state index in [1.54, 1.807) is 0 Å². The normalized spacial score (nSPS) is 12.2. The van der Waals surface area contributed by atoms with Crippen LogP contribution in [0.1, 0.15) is 17.0 Å². The lowest BCUT2D eigenvalue weighted by Gasteiger charge is -2.22. The number of aromatic amines is 1. The maximum atomic E-state index is 12.8. The Morgan fingerprint density at radius 3 is 2.26 bits per heavy atom. The number of carbonyl (C=O) groups excluding carboxylic acids is 1. The second-order valence-corrected chi connectivity index (χ2v) is 8.32. The fraction of sp³-hybridized carbons (Fsp3) is 0.185. The predicted octanol–water partition coefficient (Wildman–Crippen LogP) is 4.92. The highest BCUT2D eigenvalue weighted by Crippen LogP contribution is 2.44. The predicted molar refractivity (Wildman–Crippen MR) is 131 cm³/mol. The minimum atomic E-state index is -1.08. The maximum absolute atomic E-state index is 12.8. The van der Waals surface area contributed by atoms with Crippen LogP contribution in [0, 0.1) is 0 Å². The summed E-state index contributed by atoms with van der Waals surface area (Å²) in [5.74, 6) is -0.351. The van der Waals surface area contributed by atoms with Gasteiger partial charge in [0, 0.05) is 29.9 Å². The number of fused-ring (bicyclic) bond motifs is 4. The van der Waals surface area contributed by atoms with Gasteiger partial charge in [-0.3, -0.25) is 9.69 Å². The molecule has 172 valence electrons. The molecule has 1 aliphatic carbocycles. The first-order valence-corrected chi connectivity index (χ1v) is 11.2. The van der Waals surface area contributed by atoms with Crippen molar-refractivity contribution in [1.29, 1.82) is 0 Å². The van der Waals surface area contributed by atoms with Crippen molar-refractivity contribution >= 4 is 28.8 Å². The van der Waals surface area contributed by atoms with E-state index in [0.29, 0.717) is 6.54 Å². The summed E-state index contributed by atoms with van der Waals surface area (Å²) in [5.41, 5.74) is 5.51. The first kappa shape index (κ1) is 21.6. The number of nitrogens with zero attached hydrogens (tertiary/aromatic N) is 1. The van der Waals surface area contributed by atoms with Crippen molar-refractivity contribution < 1.29 is 19.4 Å². The molecule has 0 aliphatic heterocycles. The Labute approximate surface area is 197 Å². The monoisotopic (exact) mass is 455 g/mol. The Kier molecular flexibility index (Phi) is 5.91. The molecule has 7 heteroatoms. The molecule has 1 amide bonds. The molecule has 1 heterocycles. The van der Waals surface area contributed by atoms with Crippen molar-refractivity contribution in [3.05, 3.63) is 90.0 Å². The number of anilines is 1. The summed E-state index contributed by atoms with van der Waals surface area (Å²) in [7, 11) is 0. The van der Waals surface area contributed by atoms with E-state index in [2.05, 4.69) is 22.4 Å². The molecule has 1 aliphatic rings. The molecule has 0 unspecified atom stereocenters. The molecule has 0 radical (unpaired) electrons. The fourth-order valence-electron chi connectivity index (χ4n) is 4.58. The van der Waals surface area contributed by atoms with Crippen LogP contribution in [0.25, 0.3) is 22.0 Å². The molecule has 0 saturated heterocycles. The summed E-state index contributed by atoms with van der Waals surface area (Å²) in [6, 6.07) is 26.1.